The van der Waals surface area contributed by atoms with Crippen molar-refractivity contribution in [2.24, 2.45) is 0 Å². The molecular weight excluding hydrogens is 276 g/mol. The SMILES string of the molecule is Cc1cc(NC(=O)/C=C/c2ccc(C)s2)c(C(=O)O)[nH]1. The predicted molar refractivity (Wildman–Crippen MR) is 79.2 cm³/mol. The number of rotatable bonds is 4. The van der Waals surface area contributed by atoms with Crippen LogP contribution in [0.1, 0.15) is 25.9 Å². The highest BCUT2D eigenvalue weighted by atomic mass is 32.1. The van der Waals surface area contributed by atoms with Gasteiger partial charge in [-0.3, -0.25) is 4.79 Å². The Morgan fingerprint density at radius 1 is 1.35 bits per heavy atom. The Morgan fingerprint density at radius 3 is 2.70 bits per heavy atom. The Bertz CT molecular complexity index is 682. The highest BCUT2D eigenvalue weighted by Gasteiger charge is 2.14. The van der Waals surface area contributed by atoms with Crippen molar-refractivity contribution in [2.45, 2.75) is 13.8 Å². The number of hydrogen-bond donors (Lipinski definition) is 3. The molecule has 0 aliphatic carbocycles. The summed E-state index contributed by atoms with van der Waals surface area (Å²) in [6.07, 6.45) is 3.09. The van der Waals surface area contributed by atoms with Crippen LogP contribution in [0.2, 0.25) is 0 Å². The van der Waals surface area contributed by atoms with E-state index in [9.17, 15) is 9.59 Å². The summed E-state index contributed by atoms with van der Waals surface area (Å²) in [6, 6.07) is 5.48. The topological polar surface area (TPSA) is 82.2 Å². The Morgan fingerprint density at radius 2 is 2.10 bits per heavy atom. The summed E-state index contributed by atoms with van der Waals surface area (Å²) in [4.78, 5) is 27.6. The minimum absolute atomic E-state index is 0.0174. The number of carboxylic acid groups (broad SMARTS) is 1. The lowest BCUT2D eigenvalue weighted by Crippen LogP contribution is -2.10. The third kappa shape index (κ3) is 3.36. The Kier molecular flexibility index (Phi) is 4.05. The summed E-state index contributed by atoms with van der Waals surface area (Å²) < 4.78 is 0. The number of aromatic carboxylic acids is 1. The Balaban J connectivity index is 2.08. The lowest BCUT2D eigenvalue weighted by atomic mass is 10.3. The van der Waals surface area contributed by atoms with Gasteiger partial charge in [0.2, 0.25) is 5.91 Å². The second-order valence-corrected chi connectivity index (χ2v) is 5.64. The maximum atomic E-state index is 11.8. The molecule has 20 heavy (non-hydrogen) atoms. The van der Waals surface area contributed by atoms with E-state index in [2.05, 4.69) is 10.3 Å². The third-order valence-electron chi connectivity index (χ3n) is 2.58. The van der Waals surface area contributed by atoms with Gasteiger partial charge in [-0.15, -0.1) is 11.3 Å². The molecule has 0 atom stereocenters. The first-order valence-corrected chi connectivity index (χ1v) is 6.76. The van der Waals surface area contributed by atoms with Crippen LogP contribution in [-0.2, 0) is 4.79 Å². The standard InChI is InChI=1S/C14H14N2O3S/c1-8-7-11(13(15-8)14(18)19)16-12(17)6-5-10-4-3-9(2)20-10/h3-7,15H,1-2H3,(H,16,17)(H,18,19)/b6-5+. The smallest absolute Gasteiger partial charge is 0.354 e. The van der Waals surface area contributed by atoms with E-state index in [1.54, 1.807) is 30.4 Å². The van der Waals surface area contributed by atoms with Gasteiger partial charge in [-0.1, -0.05) is 0 Å². The molecule has 0 saturated carbocycles. The molecule has 1 amide bonds. The zero-order valence-corrected chi connectivity index (χ0v) is 11.9. The molecule has 5 nitrogen and oxygen atoms in total. The number of aryl methyl sites for hydroxylation is 2. The van der Waals surface area contributed by atoms with Crippen molar-refractivity contribution in [1.29, 1.82) is 0 Å². The molecule has 0 aromatic carbocycles. The van der Waals surface area contributed by atoms with E-state index in [4.69, 9.17) is 5.11 Å². The van der Waals surface area contributed by atoms with Crippen LogP contribution in [0.15, 0.2) is 24.3 Å². The molecule has 2 aromatic rings. The Labute approximate surface area is 120 Å². The Hall–Kier alpha value is -2.34. The van der Waals surface area contributed by atoms with Crippen molar-refractivity contribution in [3.05, 3.63) is 45.4 Å². The molecule has 0 aliphatic heterocycles. The third-order valence-corrected chi connectivity index (χ3v) is 3.55. The highest BCUT2D eigenvalue weighted by Crippen LogP contribution is 2.18. The fourth-order valence-electron chi connectivity index (χ4n) is 1.73. The normalized spacial score (nSPS) is 10.9. The molecule has 2 aromatic heterocycles. The molecule has 0 spiro atoms. The van der Waals surface area contributed by atoms with Crippen LogP contribution in [0.4, 0.5) is 5.69 Å². The van der Waals surface area contributed by atoms with Gasteiger partial charge in [0.05, 0.1) is 5.69 Å². The van der Waals surface area contributed by atoms with Crippen LogP contribution >= 0.6 is 11.3 Å². The van der Waals surface area contributed by atoms with E-state index in [1.807, 2.05) is 19.1 Å². The van der Waals surface area contributed by atoms with Crippen LogP contribution in [0, 0.1) is 13.8 Å². The number of nitrogens with one attached hydrogen (secondary N) is 2. The van der Waals surface area contributed by atoms with Crippen molar-refractivity contribution < 1.29 is 14.7 Å². The lowest BCUT2D eigenvalue weighted by molar-refractivity contribution is -0.111. The van der Waals surface area contributed by atoms with Crippen molar-refractivity contribution in [1.82, 2.24) is 4.98 Å². The first-order valence-electron chi connectivity index (χ1n) is 5.94. The zero-order valence-electron chi connectivity index (χ0n) is 11.1. The van der Waals surface area contributed by atoms with Gasteiger partial charge in [0.25, 0.3) is 0 Å². The molecule has 2 rings (SSSR count). The van der Waals surface area contributed by atoms with Gasteiger partial charge in [0.15, 0.2) is 0 Å². The number of hydrogen-bond acceptors (Lipinski definition) is 3. The van der Waals surface area contributed by atoms with E-state index >= 15 is 0 Å². The van der Waals surface area contributed by atoms with E-state index < -0.39 is 5.97 Å². The average molecular weight is 290 g/mol. The van der Waals surface area contributed by atoms with Crippen LogP contribution < -0.4 is 5.32 Å². The molecular formula is C14H14N2O3S. The number of carbonyl (C=O) groups is 2. The largest absolute Gasteiger partial charge is 0.477 e. The summed E-state index contributed by atoms with van der Waals surface area (Å²) in [6.45, 7) is 3.72. The van der Waals surface area contributed by atoms with E-state index in [1.165, 1.54) is 11.0 Å². The molecule has 0 aliphatic rings. The minimum atomic E-state index is -1.11. The fourth-order valence-corrected chi connectivity index (χ4v) is 2.51. The average Bonchev–Trinajstić information content (AvgIpc) is 2.93. The summed E-state index contributed by atoms with van der Waals surface area (Å²) in [5.41, 5.74) is 0.929. The van der Waals surface area contributed by atoms with Crippen LogP contribution in [-0.4, -0.2) is 22.0 Å². The van der Waals surface area contributed by atoms with Crippen LogP contribution in [0.3, 0.4) is 0 Å². The number of amides is 1. The lowest BCUT2D eigenvalue weighted by Gasteiger charge is -2.00. The quantitative estimate of drug-likeness (QED) is 0.757. The molecule has 3 N–H and O–H groups in total. The van der Waals surface area contributed by atoms with E-state index in [-0.39, 0.29) is 17.3 Å². The van der Waals surface area contributed by atoms with E-state index in [0.29, 0.717) is 5.69 Å². The number of carboxylic acids is 1. The molecule has 2 heterocycles. The second kappa shape index (κ2) is 5.75. The van der Waals surface area contributed by atoms with Crippen LogP contribution in [0.25, 0.3) is 6.08 Å². The number of H-pyrrole nitrogens is 1. The predicted octanol–water partition coefficient (Wildman–Crippen LogP) is 3.04. The van der Waals surface area contributed by atoms with Crippen molar-refractivity contribution >= 4 is 35.0 Å². The maximum absolute atomic E-state index is 11.8. The summed E-state index contributed by atoms with van der Waals surface area (Å²) >= 11 is 1.58. The number of anilines is 1. The highest BCUT2D eigenvalue weighted by molar-refractivity contribution is 7.12. The van der Waals surface area contributed by atoms with Gasteiger partial charge in [0.1, 0.15) is 5.69 Å². The molecule has 0 saturated heterocycles. The van der Waals surface area contributed by atoms with Crippen LogP contribution in [0.5, 0.6) is 0 Å². The number of aromatic nitrogens is 1. The zero-order chi connectivity index (χ0) is 14.7. The van der Waals surface area contributed by atoms with Gasteiger partial charge >= 0.3 is 5.97 Å². The molecule has 0 unspecified atom stereocenters. The minimum Gasteiger partial charge on any atom is -0.477 e. The van der Waals surface area contributed by atoms with Crippen molar-refractivity contribution in [3.63, 3.8) is 0 Å². The second-order valence-electron chi connectivity index (χ2n) is 4.32. The molecule has 0 radical (unpaired) electrons. The van der Waals surface area contributed by atoms with Crippen molar-refractivity contribution in [2.75, 3.05) is 5.32 Å². The molecule has 104 valence electrons. The fraction of sp³-hybridized carbons (Fsp3) is 0.143. The van der Waals surface area contributed by atoms with Gasteiger partial charge in [-0.2, -0.15) is 0 Å². The van der Waals surface area contributed by atoms with Gasteiger partial charge in [-0.25, -0.2) is 4.79 Å². The summed E-state index contributed by atoms with van der Waals surface area (Å²) in [5.74, 6) is -1.47. The number of carbonyl (C=O) groups excluding carboxylic acids is 1. The summed E-state index contributed by atoms with van der Waals surface area (Å²) in [7, 11) is 0. The first kappa shape index (κ1) is 14.1. The number of thiophene rings is 1. The summed E-state index contributed by atoms with van der Waals surface area (Å²) in [5, 5.41) is 11.6. The van der Waals surface area contributed by atoms with E-state index in [0.717, 1.165) is 4.88 Å². The first-order chi connectivity index (χ1) is 9.45. The molecule has 0 fully saturated rings. The van der Waals surface area contributed by atoms with Crippen molar-refractivity contribution in [3.8, 4) is 0 Å². The maximum Gasteiger partial charge on any atom is 0.354 e. The molecule has 0 bridgehead atoms. The molecule has 6 heteroatoms. The van der Waals surface area contributed by atoms with Gasteiger partial charge in [0, 0.05) is 21.5 Å². The van der Waals surface area contributed by atoms with Gasteiger partial charge in [-0.05, 0) is 38.1 Å². The van der Waals surface area contributed by atoms with Gasteiger partial charge < -0.3 is 15.4 Å². The monoisotopic (exact) mass is 290 g/mol. The number of aromatic amines is 1.